The molecule has 0 aliphatic heterocycles. The Labute approximate surface area is 82.3 Å². The highest BCUT2D eigenvalue weighted by molar-refractivity contribution is 5.76. The van der Waals surface area contributed by atoms with Crippen LogP contribution in [0, 0.1) is 6.92 Å². The normalized spacial score (nSPS) is 12.6. The Balaban J connectivity index is 3.24. The lowest BCUT2D eigenvalue weighted by Gasteiger charge is -2.08. The molecule has 0 amide bonds. The lowest BCUT2D eigenvalue weighted by molar-refractivity contribution is -0.138. The fraction of sp³-hybridized carbons (Fsp3) is 0.556. The third kappa shape index (κ3) is 1.57. The predicted molar refractivity (Wildman–Crippen MR) is 50.5 cm³/mol. The third-order valence-corrected chi connectivity index (χ3v) is 2.21. The Kier molecular flexibility index (Phi) is 2.78. The molecule has 0 radical (unpaired) electrons. The molecule has 78 valence electrons. The number of carbonyl (C=O) groups is 1. The van der Waals surface area contributed by atoms with Gasteiger partial charge in [0.1, 0.15) is 0 Å². The number of carboxylic acid groups (broad SMARTS) is 1. The van der Waals surface area contributed by atoms with Crippen LogP contribution < -0.4 is 4.74 Å². The van der Waals surface area contributed by atoms with Crippen molar-refractivity contribution in [1.29, 1.82) is 0 Å². The number of hydrogen-bond acceptors (Lipinski definition) is 3. The van der Waals surface area contributed by atoms with Gasteiger partial charge < -0.3 is 9.84 Å². The van der Waals surface area contributed by atoms with Gasteiger partial charge in [-0.25, -0.2) is 4.68 Å². The molecule has 0 aliphatic carbocycles. The maximum atomic E-state index is 10.8. The zero-order chi connectivity index (χ0) is 10.9. The molecule has 1 rings (SSSR count). The van der Waals surface area contributed by atoms with Crippen molar-refractivity contribution in [3.05, 3.63) is 11.3 Å². The fourth-order valence-electron chi connectivity index (χ4n) is 1.52. The van der Waals surface area contributed by atoms with Crippen LogP contribution in [0.3, 0.4) is 0 Å². The van der Waals surface area contributed by atoms with Crippen LogP contribution in [0.4, 0.5) is 0 Å². The van der Waals surface area contributed by atoms with E-state index >= 15 is 0 Å². The molecular weight excluding hydrogens is 184 g/mol. The summed E-state index contributed by atoms with van der Waals surface area (Å²) in [5.74, 6) is -0.963. The topological polar surface area (TPSA) is 64.3 Å². The third-order valence-electron chi connectivity index (χ3n) is 2.21. The van der Waals surface area contributed by atoms with E-state index in [-0.39, 0.29) is 0 Å². The smallest absolute Gasteiger partial charge is 0.310 e. The second-order valence-electron chi connectivity index (χ2n) is 3.19. The zero-order valence-corrected chi connectivity index (χ0v) is 8.74. The molecule has 1 aromatic rings. The van der Waals surface area contributed by atoms with Gasteiger partial charge in [-0.1, -0.05) is 0 Å². The van der Waals surface area contributed by atoms with Crippen molar-refractivity contribution in [2.24, 2.45) is 7.05 Å². The molecule has 0 spiro atoms. The molecule has 0 aliphatic rings. The maximum Gasteiger partial charge on any atom is 0.310 e. The van der Waals surface area contributed by atoms with Crippen molar-refractivity contribution in [1.82, 2.24) is 9.78 Å². The Morgan fingerprint density at radius 2 is 2.21 bits per heavy atom. The molecule has 0 saturated carbocycles. The molecule has 0 fully saturated rings. The molecule has 0 bridgehead atoms. The number of aryl methyl sites for hydroxylation is 2. The van der Waals surface area contributed by atoms with Gasteiger partial charge in [-0.05, 0) is 13.8 Å². The van der Waals surface area contributed by atoms with Gasteiger partial charge in [0, 0.05) is 7.05 Å². The molecule has 1 unspecified atom stereocenters. The van der Waals surface area contributed by atoms with Crippen LogP contribution in [0.25, 0.3) is 0 Å². The van der Waals surface area contributed by atoms with Crippen molar-refractivity contribution >= 4 is 5.97 Å². The minimum atomic E-state index is -0.876. The van der Waals surface area contributed by atoms with Crippen LogP contribution in [0.2, 0.25) is 0 Å². The van der Waals surface area contributed by atoms with Crippen LogP contribution in [-0.2, 0) is 11.8 Å². The second-order valence-corrected chi connectivity index (χ2v) is 3.19. The molecule has 1 aromatic heterocycles. The van der Waals surface area contributed by atoms with Gasteiger partial charge in [-0.3, -0.25) is 4.79 Å². The monoisotopic (exact) mass is 198 g/mol. The Morgan fingerprint density at radius 1 is 1.64 bits per heavy atom. The Morgan fingerprint density at radius 3 is 2.64 bits per heavy atom. The fourth-order valence-corrected chi connectivity index (χ4v) is 1.52. The first-order valence-corrected chi connectivity index (χ1v) is 4.29. The summed E-state index contributed by atoms with van der Waals surface area (Å²) in [5, 5.41) is 13.0. The standard InChI is InChI=1S/C9H14N2O3/c1-5(9(12)13)7-6(2)10-11(3)8(7)14-4/h5H,1-4H3,(H,12,13). The summed E-state index contributed by atoms with van der Waals surface area (Å²) in [6, 6.07) is 0. The van der Waals surface area contributed by atoms with Crippen molar-refractivity contribution in [2.75, 3.05) is 7.11 Å². The second kappa shape index (κ2) is 3.69. The van der Waals surface area contributed by atoms with Crippen LogP contribution in [0.1, 0.15) is 24.1 Å². The summed E-state index contributed by atoms with van der Waals surface area (Å²) < 4.78 is 6.65. The van der Waals surface area contributed by atoms with Gasteiger partial charge in [0.05, 0.1) is 24.3 Å². The van der Waals surface area contributed by atoms with Crippen LogP contribution in [0.5, 0.6) is 5.88 Å². The van der Waals surface area contributed by atoms with E-state index in [2.05, 4.69) is 5.10 Å². The number of methoxy groups -OCH3 is 1. The van der Waals surface area contributed by atoms with E-state index in [0.717, 1.165) is 0 Å². The molecule has 0 aromatic carbocycles. The van der Waals surface area contributed by atoms with E-state index in [0.29, 0.717) is 17.1 Å². The van der Waals surface area contributed by atoms with Crippen molar-refractivity contribution in [2.45, 2.75) is 19.8 Å². The van der Waals surface area contributed by atoms with Gasteiger partial charge in [0.25, 0.3) is 0 Å². The first-order chi connectivity index (χ1) is 6.49. The van der Waals surface area contributed by atoms with Crippen molar-refractivity contribution in [3.63, 3.8) is 0 Å². The highest BCUT2D eigenvalue weighted by atomic mass is 16.5. The average Bonchev–Trinajstić information content (AvgIpc) is 2.38. The molecule has 1 heterocycles. The lowest BCUT2D eigenvalue weighted by atomic mass is 10.0. The molecule has 5 nitrogen and oxygen atoms in total. The summed E-state index contributed by atoms with van der Waals surface area (Å²) in [6.45, 7) is 3.40. The SMILES string of the molecule is COc1c(C(C)C(=O)O)c(C)nn1C. The Hall–Kier alpha value is -1.52. The zero-order valence-electron chi connectivity index (χ0n) is 8.74. The quantitative estimate of drug-likeness (QED) is 0.784. The van der Waals surface area contributed by atoms with Gasteiger partial charge in [0.15, 0.2) is 0 Å². The summed E-state index contributed by atoms with van der Waals surface area (Å²) in [5.41, 5.74) is 1.33. The van der Waals surface area contributed by atoms with Crippen molar-refractivity contribution in [3.8, 4) is 5.88 Å². The number of carboxylic acids is 1. The highest BCUT2D eigenvalue weighted by Gasteiger charge is 2.24. The van der Waals surface area contributed by atoms with Gasteiger partial charge in [0.2, 0.25) is 5.88 Å². The summed E-state index contributed by atoms with van der Waals surface area (Å²) in [7, 11) is 3.23. The van der Waals surface area contributed by atoms with E-state index in [1.807, 2.05) is 0 Å². The van der Waals surface area contributed by atoms with Crippen LogP contribution in [0.15, 0.2) is 0 Å². The van der Waals surface area contributed by atoms with E-state index < -0.39 is 11.9 Å². The van der Waals surface area contributed by atoms with Gasteiger partial charge in [-0.15, -0.1) is 0 Å². The minimum absolute atomic E-state index is 0.511. The van der Waals surface area contributed by atoms with E-state index in [1.165, 1.54) is 7.11 Å². The predicted octanol–water partition coefficient (Wildman–Crippen LogP) is 0.925. The number of hydrogen-bond donors (Lipinski definition) is 1. The van der Waals surface area contributed by atoms with Crippen LogP contribution >= 0.6 is 0 Å². The summed E-state index contributed by atoms with van der Waals surface area (Å²) in [6.07, 6.45) is 0. The summed E-state index contributed by atoms with van der Waals surface area (Å²) >= 11 is 0. The molecule has 1 atom stereocenters. The molecule has 1 N–H and O–H groups in total. The van der Waals surface area contributed by atoms with Gasteiger partial charge in [-0.2, -0.15) is 5.10 Å². The molecule has 0 saturated heterocycles. The number of ether oxygens (including phenoxy) is 1. The Bertz CT molecular complexity index is 357. The van der Waals surface area contributed by atoms with Gasteiger partial charge >= 0.3 is 5.97 Å². The lowest BCUT2D eigenvalue weighted by Crippen LogP contribution is -2.09. The maximum absolute atomic E-state index is 10.8. The largest absolute Gasteiger partial charge is 0.481 e. The van der Waals surface area contributed by atoms with E-state index in [9.17, 15) is 4.79 Å². The number of aliphatic carboxylic acids is 1. The highest BCUT2D eigenvalue weighted by Crippen LogP contribution is 2.29. The molecule has 14 heavy (non-hydrogen) atoms. The van der Waals surface area contributed by atoms with Crippen LogP contribution in [-0.4, -0.2) is 28.0 Å². The number of nitrogens with zero attached hydrogens (tertiary/aromatic N) is 2. The van der Waals surface area contributed by atoms with E-state index in [4.69, 9.17) is 9.84 Å². The molecule has 5 heteroatoms. The van der Waals surface area contributed by atoms with Crippen molar-refractivity contribution < 1.29 is 14.6 Å². The first-order valence-electron chi connectivity index (χ1n) is 4.29. The average molecular weight is 198 g/mol. The van der Waals surface area contributed by atoms with E-state index in [1.54, 1.807) is 25.6 Å². The first kappa shape index (κ1) is 10.6. The number of rotatable bonds is 3. The minimum Gasteiger partial charge on any atom is -0.481 e. The molecular formula is C9H14N2O3. The summed E-state index contributed by atoms with van der Waals surface area (Å²) in [4.78, 5) is 10.8. The number of aromatic nitrogens is 2.